The van der Waals surface area contributed by atoms with Crippen molar-refractivity contribution in [2.45, 2.75) is 21.2 Å². The van der Waals surface area contributed by atoms with Crippen LogP contribution in [0, 0.1) is 0 Å². The highest BCUT2D eigenvalue weighted by Gasteiger charge is 2.06. The van der Waals surface area contributed by atoms with E-state index in [1.807, 2.05) is 36.4 Å². The lowest BCUT2D eigenvalue weighted by molar-refractivity contribution is 0.602. The molecular formula is C14H15NO2S2. The zero-order valence-corrected chi connectivity index (χ0v) is 12.2. The average Bonchev–Trinajstić information content (AvgIpc) is 2.38. The van der Waals surface area contributed by atoms with Crippen molar-refractivity contribution in [3.8, 4) is 0 Å². The van der Waals surface area contributed by atoms with Gasteiger partial charge in [-0.2, -0.15) is 0 Å². The molecule has 0 saturated carbocycles. The summed E-state index contributed by atoms with van der Waals surface area (Å²) in [6.07, 6.45) is 1.21. The summed E-state index contributed by atoms with van der Waals surface area (Å²) in [5, 5.41) is 0. The molecule has 5 heteroatoms. The molecule has 0 aromatic heterocycles. The van der Waals surface area contributed by atoms with Crippen LogP contribution < -0.4 is 5.73 Å². The van der Waals surface area contributed by atoms with Crippen LogP contribution in [0.3, 0.4) is 0 Å². The fourth-order valence-electron chi connectivity index (χ4n) is 1.63. The molecule has 19 heavy (non-hydrogen) atoms. The lowest BCUT2D eigenvalue weighted by Crippen LogP contribution is -1.96. The van der Waals surface area contributed by atoms with Crippen LogP contribution in [-0.2, 0) is 16.4 Å². The molecule has 0 aliphatic carbocycles. The van der Waals surface area contributed by atoms with Gasteiger partial charge in [-0.25, -0.2) is 8.42 Å². The quantitative estimate of drug-likeness (QED) is 0.941. The number of nitrogens with two attached hydrogens (primary N) is 1. The fourth-order valence-corrected chi connectivity index (χ4v) is 3.16. The van der Waals surface area contributed by atoms with Crippen LogP contribution >= 0.6 is 11.8 Å². The molecule has 0 saturated heterocycles. The fraction of sp³-hybridized carbons (Fsp3) is 0.143. The van der Waals surface area contributed by atoms with Gasteiger partial charge >= 0.3 is 0 Å². The second kappa shape index (κ2) is 5.77. The molecule has 2 aromatic rings. The van der Waals surface area contributed by atoms with Gasteiger partial charge in [0.2, 0.25) is 0 Å². The van der Waals surface area contributed by atoms with Gasteiger partial charge in [-0.15, -0.1) is 0 Å². The van der Waals surface area contributed by atoms with Crippen LogP contribution in [0.1, 0.15) is 5.56 Å². The maximum Gasteiger partial charge on any atom is 0.175 e. The molecule has 2 aromatic carbocycles. The summed E-state index contributed by atoms with van der Waals surface area (Å²) in [7, 11) is -3.13. The van der Waals surface area contributed by atoms with Crippen molar-refractivity contribution in [1.29, 1.82) is 0 Å². The van der Waals surface area contributed by atoms with Crippen LogP contribution in [0.25, 0.3) is 0 Å². The van der Waals surface area contributed by atoms with Crippen molar-refractivity contribution < 1.29 is 8.42 Å². The van der Waals surface area contributed by atoms with E-state index in [2.05, 4.69) is 0 Å². The minimum absolute atomic E-state index is 0.340. The third-order valence-electron chi connectivity index (χ3n) is 2.62. The lowest BCUT2D eigenvalue weighted by atomic mass is 10.2. The van der Waals surface area contributed by atoms with Gasteiger partial charge in [-0.1, -0.05) is 23.9 Å². The normalized spacial score (nSPS) is 11.5. The van der Waals surface area contributed by atoms with Gasteiger partial charge in [0.1, 0.15) is 0 Å². The van der Waals surface area contributed by atoms with E-state index >= 15 is 0 Å². The first-order valence-corrected chi connectivity index (χ1v) is 8.47. The van der Waals surface area contributed by atoms with Crippen LogP contribution in [0.2, 0.25) is 0 Å². The van der Waals surface area contributed by atoms with Crippen LogP contribution in [0.15, 0.2) is 63.2 Å². The van der Waals surface area contributed by atoms with Gasteiger partial charge in [-0.05, 0) is 42.0 Å². The molecule has 0 heterocycles. The Morgan fingerprint density at radius 3 is 2.32 bits per heavy atom. The van der Waals surface area contributed by atoms with Crippen molar-refractivity contribution in [2.75, 3.05) is 6.26 Å². The van der Waals surface area contributed by atoms with Crippen molar-refractivity contribution in [3.05, 3.63) is 54.1 Å². The van der Waals surface area contributed by atoms with Gasteiger partial charge in [0.25, 0.3) is 0 Å². The van der Waals surface area contributed by atoms with Crippen molar-refractivity contribution >= 4 is 21.6 Å². The zero-order valence-electron chi connectivity index (χ0n) is 10.5. The Balaban J connectivity index is 2.19. The van der Waals surface area contributed by atoms with E-state index in [0.29, 0.717) is 11.4 Å². The summed E-state index contributed by atoms with van der Waals surface area (Å²) in [5.74, 6) is 0. The Hall–Kier alpha value is -1.30. The number of rotatable bonds is 4. The van der Waals surface area contributed by atoms with E-state index < -0.39 is 9.84 Å². The van der Waals surface area contributed by atoms with E-state index in [-0.39, 0.29) is 0 Å². The Labute approximate surface area is 117 Å². The van der Waals surface area contributed by atoms with Crippen molar-refractivity contribution in [2.24, 2.45) is 5.73 Å². The SMILES string of the molecule is CS(=O)(=O)c1ccc(Sc2cccc(CN)c2)cc1. The molecule has 0 fully saturated rings. The topological polar surface area (TPSA) is 60.2 Å². The zero-order chi connectivity index (χ0) is 13.9. The molecule has 100 valence electrons. The van der Waals surface area contributed by atoms with Gasteiger partial charge in [0.15, 0.2) is 9.84 Å². The van der Waals surface area contributed by atoms with E-state index in [1.54, 1.807) is 23.9 Å². The number of benzene rings is 2. The smallest absolute Gasteiger partial charge is 0.175 e. The van der Waals surface area contributed by atoms with Crippen molar-refractivity contribution in [1.82, 2.24) is 0 Å². The predicted octanol–water partition coefficient (Wildman–Crippen LogP) is 2.70. The summed E-state index contributed by atoms with van der Waals surface area (Å²) in [5.41, 5.74) is 6.69. The summed E-state index contributed by atoms with van der Waals surface area (Å²) in [4.78, 5) is 2.43. The predicted molar refractivity (Wildman–Crippen MR) is 78.0 cm³/mol. The summed E-state index contributed by atoms with van der Waals surface area (Å²) >= 11 is 1.59. The summed E-state index contributed by atoms with van der Waals surface area (Å²) in [6.45, 7) is 0.515. The van der Waals surface area contributed by atoms with Gasteiger partial charge in [-0.3, -0.25) is 0 Å². The van der Waals surface area contributed by atoms with Crippen molar-refractivity contribution in [3.63, 3.8) is 0 Å². The van der Waals surface area contributed by atoms with Crippen LogP contribution in [-0.4, -0.2) is 14.7 Å². The molecule has 0 aliphatic rings. The first-order valence-electron chi connectivity index (χ1n) is 5.76. The minimum Gasteiger partial charge on any atom is -0.326 e. The molecule has 0 amide bonds. The summed E-state index contributed by atoms with van der Waals surface area (Å²) in [6, 6.07) is 14.9. The highest BCUT2D eigenvalue weighted by Crippen LogP contribution is 2.28. The van der Waals surface area contributed by atoms with Crippen LogP contribution in [0.5, 0.6) is 0 Å². The Kier molecular flexibility index (Phi) is 4.29. The standard InChI is InChI=1S/C14H15NO2S2/c1-19(16,17)14-7-5-12(6-8-14)18-13-4-2-3-11(9-13)10-15/h2-9H,10,15H2,1H3. The third-order valence-corrected chi connectivity index (χ3v) is 4.75. The molecule has 0 atom stereocenters. The molecule has 2 rings (SSSR count). The molecule has 2 N–H and O–H groups in total. The Bertz CT molecular complexity index is 664. The van der Waals surface area contributed by atoms with Gasteiger partial charge in [0, 0.05) is 22.6 Å². The lowest BCUT2D eigenvalue weighted by Gasteiger charge is -2.04. The molecule has 0 spiro atoms. The monoisotopic (exact) mass is 293 g/mol. The average molecular weight is 293 g/mol. The second-order valence-corrected chi connectivity index (χ2v) is 7.36. The van der Waals surface area contributed by atoms with Gasteiger partial charge < -0.3 is 5.73 Å². The summed E-state index contributed by atoms with van der Waals surface area (Å²) < 4.78 is 22.7. The Morgan fingerprint density at radius 1 is 1.05 bits per heavy atom. The molecular weight excluding hydrogens is 278 g/mol. The number of sulfone groups is 1. The molecule has 3 nitrogen and oxygen atoms in total. The van der Waals surface area contributed by atoms with E-state index in [4.69, 9.17) is 5.73 Å². The van der Waals surface area contributed by atoms with E-state index in [9.17, 15) is 8.42 Å². The maximum absolute atomic E-state index is 11.4. The van der Waals surface area contributed by atoms with E-state index in [1.165, 1.54) is 6.26 Å². The molecule has 0 unspecified atom stereocenters. The van der Waals surface area contributed by atoms with E-state index in [0.717, 1.165) is 15.4 Å². The Morgan fingerprint density at radius 2 is 1.74 bits per heavy atom. The first-order chi connectivity index (χ1) is 8.99. The first kappa shape index (κ1) is 14.1. The highest BCUT2D eigenvalue weighted by atomic mass is 32.2. The number of hydrogen-bond donors (Lipinski definition) is 1. The third kappa shape index (κ3) is 3.83. The van der Waals surface area contributed by atoms with Crippen LogP contribution in [0.4, 0.5) is 0 Å². The highest BCUT2D eigenvalue weighted by molar-refractivity contribution is 7.99. The second-order valence-electron chi connectivity index (χ2n) is 4.20. The maximum atomic E-state index is 11.4. The molecule has 0 bridgehead atoms. The molecule has 0 radical (unpaired) electrons. The largest absolute Gasteiger partial charge is 0.326 e. The molecule has 0 aliphatic heterocycles. The number of hydrogen-bond acceptors (Lipinski definition) is 4. The minimum atomic E-state index is -3.13. The van der Waals surface area contributed by atoms with Gasteiger partial charge in [0.05, 0.1) is 4.90 Å².